The predicted molar refractivity (Wildman–Crippen MR) is 161 cm³/mol. The summed E-state index contributed by atoms with van der Waals surface area (Å²) in [6.45, 7) is 16.4. The van der Waals surface area contributed by atoms with Gasteiger partial charge in [-0.2, -0.15) is 0 Å². The number of hydrogen-bond donors (Lipinski definition) is 1. The number of fused-ring (bicyclic) bond motifs is 3. The number of allylic oxidation sites excluding steroid dienone is 4. The molecule has 204 valence electrons. The van der Waals surface area contributed by atoms with Crippen LogP contribution in [0.4, 0.5) is 0 Å². The molecule has 1 saturated heterocycles. The first kappa shape index (κ1) is 27.3. The Hall–Kier alpha value is -2.32. The van der Waals surface area contributed by atoms with Gasteiger partial charge in [0.2, 0.25) is 0 Å². The van der Waals surface area contributed by atoms with Gasteiger partial charge in [-0.3, -0.25) is 0 Å². The van der Waals surface area contributed by atoms with Crippen LogP contribution in [0.3, 0.4) is 0 Å². The van der Waals surface area contributed by atoms with Crippen LogP contribution in [0.2, 0.25) is 0 Å². The minimum absolute atomic E-state index is 0.0102. The van der Waals surface area contributed by atoms with Crippen molar-refractivity contribution >= 4 is 0 Å². The van der Waals surface area contributed by atoms with Gasteiger partial charge in [0, 0.05) is 23.3 Å². The van der Waals surface area contributed by atoms with Crippen molar-refractivity contribution in [3.8, 4) is 5.75 Å². The second-order valence-corrected chi connectivity index (χ2v) is 12.3. The highest BCUT2D eigenvalue weighted by Crippen LogP contribution is 2.70. The molecule has 4 aliphatic rings. The molecule has 2 bridgehead atoms. The Morgan fingerprint density at radius 1 is 0.974 bits per heavy atom. The molecular formula is C36H49NO. The van der Waals surface area contributed by atoms with E-state index in [1.807, 2.05) is 0 Å². The van der Waals surface area contributed by atoms with Gasteiger partial charge in [-0.15, -0.1) is 0 Å². The van der Waals surface area contributed by atoms with Crippen LogP contribution < -0.4 is 10.1 Å². The molecule has 6 rings (SSSR count). The van der Waals surface area contributed by atoms with Gasteiger partial charge in [0.15, 0.2) is 0 Å². The lowest BCUT2D eigenvalue weighted by molar-refractivity contribution is 0.114. The highest BCUT2D eigenvalue weighted by Gasteiger charge is 2.62. The average molecular weight is 512 g/mol. The van der Waals surface area contributed by atoms with Gasteiger partial charge in [0.05, 0.1) is 6.04 Å². The Morgan fingerprint density at radius 3 is 2.24 bits per heavy atom. The van der Waals surface area contributed by atoms with E-state index < -0.39 is 0 Å². The van der Waals surface area contributed by atoms with Crippen molar-refractivity contribution in [3.05, 3.63) is 89.0 Å². The minimum atomic E-state index is -0.0102. The molecule has 0 amide bonds. The van der Waals surface area contributed by atoms with Crippen LogP contribution in [0.5, 0.6) is 5.75 Å². The van der Waals surface area contributed by atoms with Gasteiger partial charge in [-0.05, 0) is 53.9 Å². The molecule has 2 nitrogen and oxygen atoms in total. The fourth-order valence-electron chi connectivity index (χ4n) is 8.05. The summed E-state index contributed by atoms with van der Waals surface area (Å²) < 4.78 is 6.14. The Kier molecular flexibility index (Phi) is 7.92. The third kappa shape index (κ3) is 4.47. The van der Waals surface area contributed by atoms with Crippen LogP contribution >= 0.6 is 0 Å². The van der Waals surface area contributed by atoms with Crippen LogP contribution in [0.25, 0.3) is 0 Å². The molecule has 38 heavy (non-hydrogen) atoms. The SMILES string of the molecule is CC/C=C1/[C@@]2(c3ccc(OCC4CN4)cc3)CC(c3ccccc3)C(=CC2C(CC)CC)[C@@]1(C)[C@H](C)CC. The zero-order valence-corrected chi connectivity index (χ0v) is 24.6. The summed E-state index contributed by atoms with van der Waals surface area (Å²) >= 11 is 0. The number of hydrogen-bond acceptors (Lipinski definition) is 2. The van der Waals surface area contributed by atoms with E-state index in [0.29, 0.717) is 29.7 Å². The van der Waals surface area contributed by atoms with Crippen molar-refractivity contribution < 1.29 is 4.74 Å². The molecule has 0 spiro atoms. The molecule has 1 N–H and O–H groups in total. The molecule has 3 unspecified atom stereocenters. The molecule has 2 aromatic rings. The van der Waals surface area contributed by atoms with Crippen molar-refractivity contribution in [2.24, 2.45) is 23.2 Å². The van der Waals surface area contributed by atoms with Crippen molar-refractivity contribution in [2.45, 2.75) is 91.0 Å². The van der Waals surface area contributed by atoms with Crippen LogP contribution in [0.1, 0.15) is 90.7 Å². The summed E-state index contributed by atoms with van der Waals surface area (Å²) in [4.78, 5) is 0. The molecule has 6 atom stereocenters. The molecule has 1 aliphatic heterocycles. The number of benzene rings is 2. The van der Waals surface area contributed by atoms with Crippen LogP contribution in [-0.4, -0.2) is 19.2 Å². The van der Waals surface area contributed by atoms with Crippen molar-refractivity contribution in [3.63, 3.8) is 0 Å². The van der Waals surface area contributed by atoms with Crippen LogP contribution in [0.15, 0.2) is 77.9 Å². The Labute approximate surface area is 232 Å². The summed E-state index contributed by atoms with van der Waals surface area (Å²) in [5.74, 6) is 3.21. The molecule has 2 fully saturated rings. The molecule has 3 aliphatic carbocycles. The zero-order valence-electron chi connectivity index (χ0n) is 24.6. The van der Waals surface area contributed by atoms with E-state index in [2.05, 4.69) is 114 Å². The van der Waals surface area contributed by atoms with Crippen molar-refractivity contribution in [1.82, 2.24) is 5.32 Å². The van der Waals surface area contributed by atoms with Crippen LogP contribution in [-0.2, 0) is 5.41 Å². The van der Waals surface area contributed by atoms with Gasteiger partial charge >= 0.3 is 0 Å². The first-order valence-corrected chi connectivity index (χ1v) is 15.4. The smallest absolute Gasteiger partial charge is 0.119 e. The zero-order chi connectivity index (χ0) is 26.9. The second-order valence-electron chi connectivity index (χ2n) is 12.3. The Morgan fingerprint density at radius 2 is 1.66 bits per heavy atom. The maximum atomic E-state index is 6.14. The lowest BCUT2D eigenvalue weighted by atomic mass is 9.39. The van der Waals surface area contributed by atoms with E-state index >= 15 is 0 Å². The second kappa shape index (κ2) is 11.0. The Bertz CT molecular complexity index is 1140. The van der Waals surface area contributed by atoms with Gasteiger partial charge in [0.25, 0.3) is 0 Å². The first-order chi connectivity index (χ1) is 18.4. The summed E-state index contributed by atoms with van der Waals surface area (Å²) in [6, 6.07) is 21.2. The highest BCUT2D eigenvalue weighted by molar-refractivity contribution is 5.58. The molecule has 2 aromatic carbocycles. The van der Waals surface area contributed by atoms with E-state index in [-0.39, 0.29) is 10.8 Å². The average Bonchev–Trinajstić information content (AvgIpc) is 3.79. The van der Waals surface area contributed by atoms with E-state index in [4.69, 9.17) is 4.74 Å². The quantitative estimate of drug-likeness (QED) is 0.241. The van der Waals surface area contributed by atoms with E-state index in [0.717, 1.165) is 31.7 Å². The monoisotopic (exact) mass is 511 g/mol. The van der Waals surface area contributed by atoms with Crippen molar-refractivity contribution in [1.29, 1.82) is 0 Å². The first-order valence-electron chi connectivity index (χ1n) is 15.4. The molecule has 0 radical (unpaired) electrons. The molecular weight excluding hydrogens is 462 g/mol. The lowest BCUT2D eigenvalue weighted by Gasteiger charge is -2.64. The lowest BCUT2D eigenvalue weighted by Crippen LogP contribution is -2.56. The third-order valence-corrected chi connectivity index (χ3v) is 10.5. The maximum Gasteiger partial charge on any atom is 0.119 e. The topological polar surface area (TPSA) is 31.2 Å². The highest BCUT2D eigenvalue weighted by atomic mass is 16.5. The maximum absolute atomic E-state index is 6.14. The van der Waals surface area contributed by atoms with E-state index in [9.17, 15) is 0 Å². The standard InChI is InChI=1S/C36H49NO/c1-7-14-34-35(6,25(5)8-2)33-21-32(26(9-3)10-4)36(34,22-31(33)27-15-12-11-13-16-27)28-17-19-30(20-18-28)38-24-29-23-37-29/h11-21,25-26,29,31-32,37H,7-10,22-24H2,1-6H3/b34-14+/t25-,29?,31?,32?,35-,36-/m1/s1. The number of ether oxygens (including phenoxy) is 1. The summed E-state index contributed by atoms with van der Waals surface area (Å²) in [5, 5.41) is 3.35. The number of nitrogens with one attached hydrogen (secondary N) is 1. The molecule has 1 heterocycles. The van der Waals surface area contributed by atoms with Gasteiger partial charge < -0.3 is 10.1 Å². The van der Waals surface area contributed by atoms with Gasteiger partial charge in [-0.1, -0.05) is 127 Å². The summed E-state index contributed by atoms with van der Waals surface area (Å²) in [6.07, 6.45) is 11.3. The van der Waals surface area contributed by atoms with Crippen molar-refractivity contribution in [2.75, 3.05) is 13.2 Å². The number of rotatable bonds is 11. The normalized spacial score (nSPS) is 31.9. The Balaban J connectivity index is 1.73. The van der Waals surface area contributed by atoms with E-state index in [1.165, 1.54) is 30.4 Å². The van der Waals surface area contributed by atoms with Gasteiger partial charge in [0.1, 0.15) is 12.4 Å². The summed E-state index contributed by atoms with van der Waals surface area (Å²) in [5.41, 5.74) is 6.39. The minimum Gasteiger partial charge on any atom is -0.492 e. The fourth-order valence-corrected chi connectivity index (χ4v) is 8.05. The van der Waals surface area contributed by atoms with E-state index in [1.54, 1.807) is 11.1 Å². The molecule has 0 aromatic heterocycles. The fraction of sp³-hybridized carbons (Fsp3) is 0.556. The largest absolute Gasteiger partial charge is 0.492 e. The molecule has 1 saturated carbocycles. The third-order valence-electron chi connectivity index (χ3n) is 10.5. The predicted octanol–water partition coefficient (Wildman–Crippen LogP) is 8.84. The summed E-state index contributed by atoms with van der Waals surface area (Å²) in [7, 11) is 0. The van der Waals surface area contributed by atoms with Crippen LogP contribution in [0, 0.1) is 23.2 Å². The van der Waals surface area contributed by atoms with Gasteiger partial charge in [-0.25, -0.2) is 0 Å². The molecule has 2 heteroatoms.